The van der Waals surface area contributed by atoms with E-state index in [2.05, 4.69) is 20.9 Å². The summed E-state index contributed by atoms with van der Waals surface area (Å²) < 4.78 is -1.21. The van der Waals surface area contributed by atoms with Crippen molar-refractivity contribution in [2.24, 2.45) is 4.99 Å². The van der Waals surface area contributed by atoms with Crippen LogP contribution >= 0.6 is 27.5 Å². The van der Waals surface area contributed by atoms with Gasteiger partial charge >= 0.3 is 5.97 Å². The van der Waals surface area contributed by atoms with Crippen molar-refractivity contribution in [3.05, 3.63) is 12.3 Å². The van der Waals surface area contributed by atoms with Gasteiger partial charge in [0.05, 0.1) is 0 Å². The number of nitrogens with zero attached hydrogens (tertiary/aromatic N) is 1. The van der Waals surface area contributed by atoms with E-state index in [0.29, 0.717) is 6.42 Å². The van der Waals surface area contributed by atoms with Gasteiger partial charge in [0.1, 0.15) is 5.17 Å². The van der Waals surface area contributed by atoms with Gasteiger partial charge in [-0.15, -0.1) is 0 Å². The quantitative estimate of drug-likeness (QED) is 0.708. The summed E-state index contributed by atoms with van der Waals surface area (Å²) in [6.45, 7) is 0. The van der Waals surface area contributed by atoms with Crippen molar-refractivity contribution in [1.29, 1.82) is 0 Å². The molecule has 3 nitrogen and oxygen atoms in total. The van der Waals surface area contributed by atoms with Crippen molar-refractivity contribution in [2.75, 3.05) is 0 Å². The average molecular weight is 238 g/mol. The van der Waals surface area contributed by atoms with Gasteiger partial charge in [0.25, 0.3) is 0 Å². The van der Waals surface area contributed by atoms with Crippen LogP contribution in [0.5, 0.6) is 0 Å². The maximum absolute atomic E-state index is 10.6. The lowest BCUT2D eigenvalue weighted by atomic mass is 10.1. The van der Waals surface area contributed by atoms with Crippen molar-refractivity contribution >= 4 is 38.7 Å². The number of alkyl halides is 1. The van der Waals surface area contributed by atoms with Crippen LogP contribution in [0, 0.1) is 0 Å². The molecule has 5 heteroatoms. The Bertz CT molecular complexity index is 251. The molecule has 0 radical (unpaired) electrons. The van der Waals surface area contributed by atoms with Crippen molar-refractivity contribution in [1.82, 2.24) is 0 Å². The molecule has 1 heterocycles. The Hall–Kier alpha value is -0.350. The molecule has 1 unspecified atom stereocenters. The van der Waals surface area contributed by atoms with Crippen LogP contribution in [0.4, 0.5) is 0 Å². The van der Waals surface area contributed by atoms with Crippen LogP contribution in [0.3, 0.4) is 0 Å². The van der Waals surface area contributed by atoms with E-state index in [9.17, 15) is 4.79 Å². The summed E-state index contributed by atoms with van der Waals surface area (Å²) in [5, 5.41) is 8.78. The minimum absolute atomic E-state index is 0.0625. The highest BCUT2D eigenvalue weighted by Gasteiger charge is 2.40. The lowest BCUT2D eigenvalue weighted by molar-refractivity contribution is -0.137. The first-order valence-corrected chi connectivity index (χ1v) is 4.05. The number of allylic oxidation sites excluding steroid dienone is 1. The largest absolute Gasteiger partial charge is 0.480 e. The summed E-state index contributed by atoms with van der Waals surface area (Å²) in [5.74, 6) is -1.02. The van der Waals surface area contributed by atoms with E-state index in [0.717, 1.165) is 0 Å². The molecule has 0 spiro atoms. The first kappa shape index (κ1) is 8.74. The van der Waals surface area contributed by atoms with Gasteiger partial charge in [-0.05, 0) is 6.42 Å². The van der Waals surface area contributed by atoms with Gasteiger partial charge in [-0.1, -0.05) is 33.6 Å². The average Bonchev–Trinajstić information content (AvgIpc) is 1.95. The molecule has 0 fully saturated rings. The molecule has 11 heavy (non-hydrogen) atoms. The second kappa shape index (κ2) is 2.95. The van der Waals surface area contributed by atoms with Gasteiger partial charge < -0.3 is 5.11 Å². The normalized spacial score (nSPS) is 29.8. The highest BCUT2D eigenvalue weighted by atomic mass is 79.9. The Morgan fingerprint density at radius 1 is 1.91 bits per heavy atom. The summed E-state index contributed by atoms with van der Waals surface area (Å²) in [5.41, 5.74) is 0. The number of halogens is 2. The molecular weight excluding hydrogens is 233 g/mol. The summed E-state index contributed by atoms with van der Waals surface area (Å²) in [7, 11) is 0. The monoisotopic (exact) mass is 237 g/mol. The topological polar surface area (TPSA) is 49.7 Å². The van der Waals surface area contributed by atoms with E-state index >= 15 is 0 Å². The molecule has 1 atom stereocenters. The van der Waals surface area contributed by atoms with Gasteiger partial charge in [0, 0.05) is 6.20 Å². The molecule has 0 amide bonds. The number of hydrogen-bond donors (Lipinski definition) is 1. The van der Waals surface area contributed by atoms with E-state index in [1.165, 1.54) is 6.20 Å². The Morgan fingerprint density at radius 2 is 2.55 bits per heavy atom. The molecule has 0 aromatic carbocycles. The molecule has 1 N–H and O–H groups in total. The minimum Gasteiger partial charge on any atom is -0.480 e. The number of carbonyl (C=O) groups is 1. The summed E-state index contributed by atoms with van der Waals surface area (Å²) in [6.07, 6.45) is 3.46. The first-order chi connectivity index (χ1) is 5.07. The maximum Gasteiger partial charge on any atom is 0.327 e. The number of rotatable bonds is 1. The van der Waals surface area contributed by atoms with E-state index in [1.54, 1.807) is 6.08 Å². The summed E-state index contributed by atoms with van der Waals surface area (Å²) >= 11 is 8.60. The molecule has 0 bridgehead atoms. The minimum atomic E-state index is -1.21. The van der Waals surface area contributed by atoms with Crippen LogP contribution in [-0.2, 0) is 4.79 Å². The lowest BCUT2D eigenvalue weighted by Gasteiger charge is -2.20. The Kier molecular flexibility index (Phi) is 2.34. The molecule has 0 saturated heterocycles. The van der Waals surface area contributed by atoms with Crippen LogP contribution in [0.1, 0.15) is 6.42 Å². The molecule has 1 rings (SSSR count). The van der Waals surface area contributed by atoms with Crippen molar-refractivity contribution < 1.29 is 9.90 Å². The zero-order valence-electron chi connectivity index (χ0n) is 5.42. The Labute approximate surface area is 76.9 Å². The maximum atomic E-state index is 10.6. The molecule has 0 aromatic rings. The fourth-order valence-electron chi connectivity index (χ4n) is 0.695. The molecule has 0 aromatic heterocycles. The molecule has 1 aliphatic rings. The third-order valence-corrected chi connectivity index (χ3v) is 3.05. The fraction of sp³-hybridized carbons (Fsp3) is 0.333. The van der Waals surface area contributed by atoms with Crippen LogP contribution < -0.4 is 0 Å². The van der Waals surface area contributed by atoms with Crippen LogP contribution in [-0.4, -0.2) is 20.6 Å². The van der Waals surface area contributed by atoms with E-state index in [1.807, 2.05) is 0 Å². The Balaban J connectivity index is 2.97. The highest BCUT2D eigenvalue weighted by Crippen LogP contribution is 2.30. The predicted octanol–water partition coefficient (Wildman–Crippen LogP) is 1.76. The Morgan fingerprint density at radius 3 is 2.91 bits per heavy atom. The molecule has 1 aliphatic heterocycles. The zero-order valence-corrected chi connectivity index (χ0v) is 7.76. The second-order valence-corrected chi connectivity index (χ2v) is 3.83. The van der Waals surface area contributed by atoms with Gasteiger partial charge in [-0.25, -0.2) is 4.99 Å². The van der Waals surface area contributed by atoms with Crippen molar-refractivity contribution in [3.63, 3.8) is 0 Å². The number of carboxylic acid groups (broad SMARTS) is 1. The van der Waals surface area contributed by atoms with Gasteiger partial charge in [-0.3, -0.25) is 4.79 Å². The van der Waals surface area contributed by atoms with Crippen molar-refractivity contribution in [2.45, 2.75) is 10.7 Å². The smallest absolute Gasteiger partial charge is 0.327 e. The van der Waals surface area contributed by atoms with Crippen LogP contribution in [0.2, 0.25) is 0 Å². The highest BCUT2D eigenvalue weighted by molar-refractivity contribution is 9.10. The molecule has 60 valence electrons. The SMILES string of the molecule is O=C(O)C1(Br)CC=CN=C1Cl. The first-order valence-electron chi connectivity index (χ1n) is 2.88. The number of aliphatic carboxylic acids is 1. The van der Waals surface area contributed by atoms with Crippen LogP contribution in [0.25, 0.3) is 0 Å². The second-order valence-electron chi connectivity index (χ2n) is 2.12. The van der Waals surface area contributed by atoms with E-state index in [-0.39, 0.29) is 5.17 Å². The van der Waals surface area contributed by atoms with E-state index < -0.39 is 10.3 Å². The van der Waals surface area contributed by atoms with Gasteiger partial charge in [0.15, 0.2) is 4.32 Å². The third-order valence-electron chi connectivity index (χ3n) is 1.36. The van der Waals surface area contributed by atoms with Gasteiger partial charge in [-0.2, -0.15) is 0 Å². The van der Waals surface area contributed by atoms with Gasteiger partial charge in [0.2, 0.25) is 0 Å². The lowest BCUT2D eigenvalue weighted by Crippen LogP contribution is -2.38. The van der Waals surface area contributed by atoms with Crippen LogP contribution in [0.15, 0.2) is 17.3 Å². The van der Waals surface area contributed by atoms with E-state index in [4.69, 9.17) is 16.7 Å². The molecule has 0 aliphatic carbocycles. The standard InChI is InChI=1S/C6H5BrClNO2/c7-6(5(10)11)2-1-3-9-4(6)8/h1,3H,2H2,(H,10,11). The fourth-order valence-corrected chi connectivity index (χ4v) is 1.20. The predicted molar refractivity (Wildman–Crippen MR) is 46.3 cm³/mol. The molecular formula is C6H5BrClNO2. The third kappa shape index (κ3) is 1.46. The zero-order chi connectivity index (χ0) is 8.48. The summed E-state index contributed by atoms with van der Waals surface area (Å²) in [6, 6.07) is 0. The van der Waals surface area contributed by atoms with Crippen molar-refractivity contribution in [3.8, 4) is 0 Å². The number of carboxylic acids is 1. The number of aliphatic imine (C=N–C) groups is 1. The molecule has 0 saturated carbocycles. The summed E-state index contributed by atoms with van der Waals surface area (Å²) in [4.78, 5) is 14.3. The number of hydrogen-bond acceptors (Lipinski definition) is 2.